The van der Waals surface area contributed by atoms with E-state index in [0.29, 0.717) is 11.8 Å². The molecule has 0 radical (unpaired) electrons. The summed E-state index contributed by atoms with van der Waals surface area (Å²) < 4.78 is 6.75. The van der Waals surface area contributed by atoms with E-state index in [2.05, 4.69) is 26.1 Å². The van der Waals surface area contributed by atoms with Crippen LogP contribution in [0.3, 0.4) is 0 Å². The first-order chi connectivity index (χ1) is 8.60. The van der Waals surface area contributed by atoms with Gasteiger partial charge >= 0.3 is 0 Å². The normalized spacial score (nSPS) is 10.4. The number of rotatable bonds is 3. The lowest BCUT2D eigenvalue weighted by Gasteiger charge is -2.08. The van der Waals surface area contributed by atoms with Crippen molar-refractivity contribution in [2.24, 2.45) is 0 Å². The molecule has 0 aliphatic heterocycles. The largest absolute Gasteiger partial charge is 0.438 e. The smallest absolute Gasteiger partial charge is 0.238 e. The number of aromatic nitrogens is 2. The van der Waals surface area contributed by atoms with E-state index in [4.69, 9.17) is 16.3 Å². The maximum atomic E-state index is 5.66. The predicted octanol–water partition coefficient (Wildman–Crippen LogP) is 4.39. The summed E-state index contributed by atoms with van der Waals surface area (Å²) in [6, 6.07) is 7.47. The van der Waals surface area contributed by atoms with Crippen molar-refractivity contribution in [3.8, 4) is 11.6 Å². The summed E-state index contributed by atoms with van der Waals surface area (Å²) >= 11 is 9.17. The van der Waals surface area contributed by atoms with Crippen LogP contribution < -0.4 is 4.74 Å². The van der Waals surface area contributed by atoms with Crippen LogP contribution in [0.1, 0.15) is 16.8 Å². The maximum absolute atomic E-state index is 5.66. The van der Waals surface area contributed by atoms with Crippen LogP contribution in [-0.4, -0.2) is 10.2 Å². The standard InChI is InChI=1S/C13H12BrClN2O/c1-8-5-11(6-9(2)13(8)14)18-12-4-3-10(7-15)16-17-12/h3-6H,7H2,1-2H3. The van der Waals surface area contributed by atoms with Crippen LogP contribution in [0.25, 0.3) is 0 Å². The minimum absolute atomic E-state index is 0.351. The second-order valence-corrected chi connectivity index (χ2v) is 5.03. The van der Waals surface area contributed by atoms with E-state index in [1.165, 1.54) is 0 Å². The van der Waals surface area contributed by atoms with Gasteiger partial charge in [0.05, 0.1) is 11.6 Å². The van der Waals surface area contributed by atoms with Crippen LogP contribution in [0.15, 0.2) is 28.7 Å². The van der Waals surface area contributed by atoms with Crippen LogP contribution in [0.2, 0.25) is 0 Å². The highest BCUT2D eigenvalue weighted by Gasteiger charge is 2.05. The molecule has 0 bridgehead atoms. The van der Waals surface area contributed by atoms with Crippen LogP contribution in [0.5, 0.6) is 11.6 Å². The van der Waals surface area contributed by atoms with Gasteiger partial charge in [-0.1, -0.05) is 15.9 Å². The van der Waals surface area contributed by atoms with Crippen molar-refractivity contribution < 1.29 is 4.74 Å². The SMILES string of the molecule is Cc1cc(Oc2ccc(CCl)nn2)cc(C)c1Br. The molecule has 2 aromatic rings. The van der Waals surface area contributed by atoms with Gasteiger partial charge in [-0.05, 0) is 43.2 Å². The number of hydrogen-bond acceptors (Lipinski definition) is 3. The highest BCUT2D eigenvalue weighted by Crippen LogP contribution is 2.28. The van der Waals surface area contributed by atoms with Crippen molar-refractivity contribution in [2.45, 2.75) is 19.7 Å². The number of alkyl halides is 1. The third-order valence-corrected chi connectivity index (χ3v) is 3.99. The number of nitrogens with zero attached hydrogens (tertiary/aromatic N) is 2. The molecular weight excluding hydrogens is 316 g/mol. The van der Waals surface area contributed by atoms with Gasteiger partial charge in [0, 0.05) is 10.5 Å². The molecule has 1 heterocycles. The fraction of sp³-hybridized carbons (Fsp3) is 0.231. The minimum Gasteiger partial charge on any atom is -0.438 e. The second kappa shape index (κ2) is 5.67. The molecule has 0 fully saturated rings. The summed E-state index contributed by atoms with van der Waals surface area (Å²) in [7, 11) is 0. The molecule has 2 rings (SSSR count). The van der Waals surface area contributed by atoms with Gasteiger partial charge in [-0.15, -0.1) is 16.7 Å². The van der Waals surface area contributed by atoms with Crippen LogP contribution >= 0.6 is 27.5 Å². The van der Waals surface area contributed by atoms with Gasteiger partial charge in [0.1, 0.15) is 5.75 Å². The number of hydrogen-bond donors (Lipinski definition) is 0. The fourth-order valence-corrected chi connectivity index (χ4v) is 1.93. The van der Waals surface area contributed by atoms with Gasteiger partial charge in [-0.3, -0.25) is 0 Å². The summed E-state index contributed by atoms with van der Waals surface area (Å²) in [5.41, 5.74) is 2.97. The molecule has 94 valence electrons. The van der Waals surface area contributed by atoms with Crippen molar-refractivity contribution in [3.63, 3.8) is 0 Å². The number of aryl methyl sites for hydroxylation is 2. The first-order valence-electron chi connectivity index (χ1n) is 5.43. The molecule has 0 saturated heterocycles. The summed E-state index contributed by atoms with van der Waals surface area (Å²) in [4.78, 5) is 0. The molecule has 0 unspecified atom stereocenters. The monoisotopic (exact) mass is 326 g/mol. The fourth-order valence-electron chi connectivity index (χ4n) is 1.56. The predicted molar refractivity (Wildman–Crippen MR) is 75.3 cm³/mol. The summed E-state index contributed by atoms with van der Waals surface area (Å²) in [5.74, 6) is 1.56. The Morgan fingerprint density at radius 2 is 1.83 bits per heavy atom. The highest BCUT2D eigenvalue weighted by atomic mass is 79.9. The zero-order chi connectivity index (χ0) is 13.1. The number of ether oxygens (including phenoxy) is 1. The molecule has 1 aromatic carbocycles. The van der Waals surface area contributed by atoms with Gasteiger partial charge in [0.15, 0.2) is 0 Å². The number of halogens is 2. The van der Waals surface area contributed by atoms with Gasteiger partial charge in [-0.25, -0.2) is 0 Å². The van der Waals surface area contributed by atoms with Crippen molar-refractivity contribution in [1.82, 2.24) is 10.2 Å². The topological polar surface area (TPSA) is 35.0 Å². The summed E-state index contributed by atoms with van der Waals surface area (Å²) in [6.45, 7) is 4.04. The Kier molecular flexibility index (Phi) is 4.19. The molecular formula is C13H12BrClN2O. The molecule has 0 atom stereocenters. The minimum atomic E-state index is 0.351. The van der Waals surface area contributed by atoms with Crippen molar-refractivity contribution in [1.29, 1.82) is 0 Å². The molecule has 0 aliphatic carbocycles. The lowest BCUT2D eigenvalue weighted by atomic mass is 10.1. The van der Waals surface area contributed by atoms with E-state index in [0.717, 1.165) is 27.0 Å². The van der Waals surface area contributed by atoms with Gasteiger partial charge < -0.3 is 4.74 Å². The zero-order valence-corrected chi connectivity index (χ0v) is 12.4. The van der Waals surface area contributed by atoms with Gasteiger partial charge in [-0.2, -0.15) is 5.10 Å². The van der Waals surface area contributed by atoms with Gasteiger partial charge in [0.25, 0.3) is 0 Å². The van der Waals surface area contributed by atoms with Crippen LogP contribution in [-0.2, 0) is 5.88 Å². The average molecular weight is 328 g/mol. The third-order valence-electron chi connectivity index (χ3n) is 2.46. The molecule has 3 nitrogen and oxygen atoms in total. The average Bonchev–Trinajstić information content (AvgIpc) is 2.37. The maximum Gasteiger partial charge on any atom is 0.238 e. The van der Waals surface area contributed by atoms with Crippen molar-refractivity contribution in [3.05, 3.63) is 45.6 Å². The third kappa shape index (κ3) is 3.00. The lowest BCUT2D eigenvalue weighted by Crippen LogP contribution is -1.94. The Hall–Kier alpha value is -1.13. The van der Waals surface area contributed by atoms with Gasteiger partial charge in [0.2, 0.25) is 5.88 Å². The quantitative estimate of drug-likeness (QED) is 0.784. The molecule has 1 aromatic heterocycles. The second-order valence-electron chi connectivity index (χ2n) is 3.97. The first kappa shape index (κ1) is 13.3. The Morgan fingerprint density at radius 1 is 1.17 bits per heavy atom. The molecule has 5 heteroatoms. The Balaban J connectivity index is 2.23. The Labute approximate surface area is 119 Å². The van der Waals surface area contributed by atoms with E-state index < -0.39 is 0 Å². The molecule has 0 spiro atoms. The first-order valence-corrected chi connectivity index (χ1v) is 6.76. The highest BCUT2D eigenvalue weighted by molar-refractivity contribution is 9.10. The molecule has 0 amide bonds. The summed E-state index contributed by atoms with van der Waals surface area (Å²) in [5, 5.41) is 7.90. The molecule has 18 heavy (non-hydrogen) atoms. The lowest BCUT2D eigenvalue weighted by molar-refractivity contribution is 0.453. The van der Waals surface area contributed by atoms with E-state index in [9.17, 15) is 0 Å². The number of benzene rings is 1. The Morgan fingerprint density at radius 3 is 2.33 bits per heavy atom. The molecule has 0 aliphatic rings. The van der Waals surface area contributed by atoms with Crippen molar-refractivity contribution >= 4 is 27.5 Å². The van der Waals surface area contributed by atoms with Crippen LogP contribution in [0.4, 0.5) is 0 Å². The van der Waals surface area contributed by atoms with E-state index in [1.807, 2.05) is 26.0 Å². The van der Waals surface area contributed by atoms with E-state index in [-0.39, 0.29) is 0 Å². The Bertz CT molecular complexity index is 534. The van der Waals surface area contributed by atoms with Crippen LogP contribution in [0, 0.1) is 13.8 Å². The molecule has 0 N–H and O–H groups in total. The zero-order valence-electron chi connectivity index (χ0n) is 10.1. The van der Waals surface area contributed by atoms with Crippen molar-refractivity contribution in [2.75, 3.05) is 0 Å². The van der Waals surface area contributed by atoms with E-state index in [1.54, 1.807) is 12.1 Å². The summed E-state index contributed by atoms with van der Waals surface area (Å²) in [6.07, 6.45) is 0. The van der Waals surface area contributed by atoms with E-state index >= 15 is 0 Å². The molecule has 0 saturated carbocycles.